The summed E-state index contributed by atoms with van der Waals surface area (Å²) in [7, 11) is 0. The number of hydrogen-bond donors (Lipinski definition) is 0. The van der Waals surface area contributed by atoms with E-state index in [2.05, 4.69) is 20.7 Å². The predicted molar refractivity (Wildman–Crippen MR) is 92.4 cm³/mol. The molecule has 0 aliphatic rings. The monoisotopic (exact) mass is 432 g/mol. The zero-order valence-corrected chi connectivity index (χ0v) is 17.0. The Hall–Kier alpha value is -0.790. The van der Waals surface area contributed by atoms with Gasteiger partial charge in [0, 0.05) is 5.33 Å². The van der Waals surface area contributed by atoms with Crippen LogP contribution in [0.5, 0.6) is 0 Å². The summed E-state index contributed by atoms with van der Waals surface area (Å²) in [5.41, 5.74) is -1.73. The number of halogens is 4. The third kappa shape index (κ3) is 6.46. The second kappa shape index (κ2) is 10.4. The van der Waals surface area contributed by atoms with Gasteiger partial charge in [0.2, 0.25) is 6.10 Å². The molecular formula is C17H28BrF3O4. The third-order valence-electron chi connectivity index (χ3n) is 4.32. The molecule has 0 aromatic rings. The molecule has 25 heavy (non-hydrogen) atoms. The highest BCUT2D eigenvalue weighted by atomic mass is 79.9. The van der Waals surface area contributed by atoms with Crippen LogP contribution in [0.2, 0.25) is 0 Å². The maximum Gasteiger partial charge on any atom is 0.426 e. The second-order valence-electron chi connectivity index (χ2n) is 6.36. The minimum atomic E-state index is -4.71. The number of carbonyl (C=O) groups is 2. The molecule has 8 heteroatoms. The van der Waals surface area contributed by atoms with E-state index in [9.17, 15) is 22.8 Å². The first-order valence-corrected chi connectivity index (χ1v) is 9.67. The van der Waals surface area contributed by atoms with E-state index in [1.807, 2.05) is 20.8 Å². The lowest BCUT2D eigenvalue weighted by Crippen LogP contribution is -2.47. The Balaban J connectivity index is 5.45. The molecule has 0 fully saturated rings. The average molecular weight is 433 g/mol. The topological polar surface area (TPSA) is 52.6 Å². The van der Waals surface area contributed by atoms with Crippen LogP contribution in [-0.4, -0.2) is 35.7 Å². The lowest BCUT2D eigenvalue weighted by atomic mass is 9.82. The van der Waals surface area contributed by atoms with Crippen molar-refractivity contribution in [2.75, 3.05) is 5.33 Å². The summed E-state index contributed by atoms with van der Waals surface area (Å²) in [6.07, 6.45) is -5.99. The summed E-state index contributed by atoms with van der Waals surface area (Å²) < 4.78 is 48.7. The van der Waals surface area contributed by atoms with Gasteiger partial charge in [0.15, 0.2) is 5.41 Å². The van der Waals surface area contributed by atoms with Crippen molar-refractivity contribution >= 4 is 27.9 Å². The van der Waals surface area contributed by atoms with Crippen molar-refractivity contribution in [2.45, 2.75) is 78.7 Å². The molecule has 0 N–H and O–H groups in total. The summed E-state index contributed by atoms with van der Waals surface area (Å²) in [6, 6.07) is 0. The maximum absolute atomic E-state index is 12.9. The van der Waals surface area contributed by atoms with Crippen LogP contribution in [0.1, 0.15) is 60.3 Å². The minimum absolute atomic E-state index is 0.00493. The Morgan fingerprint density at radius 3 is 1.80 bits per heavy atom. The normalized spacial score (nSPS) is 15.0. The zero-order valence-electron chi connectivity index (χ0n) is 15.4. The van der Waals surface area contributed by atoms with Gasteiger partial charge in [0.1, 0.15) is 6.10 Å². The highest BCUT2D eigenvalue weighted by molar-refractivity contribution is 9.09. The minimum Gasteiger partial charge on any atom is -0.461 e. The number of hydrogen-bond acceptors (Lipinski definition) is 4. The van der Waals surface area contributed by atoms with Crippen LogP contribution in [-0.2, 0) is 19.1 Å². The zero-order chi connectivity index (χ0) is 19.8. The fraction of sp³-hybridized carbons (Fsp3) is 0.882. The van der Waals surface area contributed by atoms with Crippen molar-refractivity contribution < 1.29 is 32.2 Å². The standard InChI is InChI=1S/C17H28BrF3O4/c1-6-9-12(11(4)5)24-14(22)16(7-2,8-3)15(23)25-13(10-18)17(19,20)21/h11-13H,6-10H2,1-5H3. The largest absolute Gasteiger partial charge is 0.461 e. The molecule has 148 valence electrons. The first-order valence-electron chi connectivity index (χ1n) is 8.54. The fourth-order valence-electron chi connectivity index (χ4n) is 2.40. The maximum atomic E-state index is 12.9. The van der Waals surface area contributed by atoms with E-state index < -0.39 is 41.1 Å². The smallest absolute Gasteiger partial charge is 0.426 e. The Morgan fingerprint density at radius 1 is 1.00 bits per heavy atom. The first kappa shape index (κ1) is 24.2. The van der Waals surface area contributed by atoms with Crippen LogP contribution >= 0.6 is 15.9 Å². The van der Waals surface area contributed by atoms with E-state index in [1.165, 1.54) is 0 Å². The molecule has 0 radical (unpaired) electrons. The molecule has 0 aromatic heterocycles. The Morgan fingerprint density at radius 2 is 1.48 bits per heavy atom. The molecule has 2 unspecified atom stereocenters. The second-order valence-corrected chi connectivity index (χ2v) is 7.00. The predicted octanol–water partition coefficient (Wildman–Crippen LogP) is 5.03. The quantitative estimate of drug-likeness (QED) is 0.276. The Bertz CT molecular complexity index is 434. The molecule has 0 amide bonds. The summed E-state index contributed by atoms with van der Waals surface area (Å²) in [5, 5.41) is -0.592. The van der Waals surface area contributed by atoms with Crippen LogP contribution < -0.4 is 0 Å². The number of ether oxygens (including phenoxy) is 2. The molecule has 2 atom stereocenters. The van der Waals surface area contributed by atoms with Gasteiger partial charge in [-0.05, 0) is 25.2 Å². The van der Waals surface area contributed by atoms with Gasteiger partial charge in [-0.2, -0.15) is 13.2 Å². The molecule has 0 heterocycles. The van der Waals surface area contributed by atoms with Crippen molar-refractivity contribution in [1.82, 2.24) is 0 Å². The van der Waals surface area contributed by atoms with E-state index in [0.717, 1.165) is 6.42 Å². The van der Waals surface area contributed by atoms with E-state index in [1.54, 1.807) is 13.8 Å². The lowest BCUT2D eigenvalue weighted by molar-refractivity contribution is -0.222. The van der Waals surface area contributed by atoms with Gasteiger partial charge >= 0.3 is 18.1 Å². The van der Waals surface area contributed by atoms with Crippen LogP contribution in [0.3, 0.4) is 0 Å². The van der Waals surface area contributed by atoms with E-state index in [-0.39, 0.29) is 18.8 Å². The van der Waals surface area contributed by atoms with Gasteiger partial charge in [-0.25, -0.2) is 0 Å². The van der Waals surface area contributed by atoms with Crippen LogP contribution in [0.4, 0.5) is 13.2 Å². The molecule has 4 nitrogen and oxygen atoms in total. The number of carbonyl (C=O) groups excluding carboxylic acids is 2. The van der Waals surface area contributed by atoms with E-state index in [4.69, 9.17) is 4.74 Å². The molecule has 0 aromatic carbocycles. The summed E-state index contributed by atoms with van der Waals surface area (Å²) in [4.78, 5) is 25.1. The molecule has 0 saturated carbocycles. The van der Waals surface area contributed by atoms with Gasteiger partial charge in [-0.3, -0.25) is 9.59 Å². The van der Waals surface area contributed by atoms with Gasteiger partial charge in [-0.1, -0.05) is 57.0 Å². The van der Waals surface area contributed by atoms with Crippen molar-refractivity contribution in [3.8, 4) is 0 Å². The highest BCUT2D eigenvalue weighted by Gasteiger charge is 2.51. The molecule has 0 saturated heterocycles. The fourth-order valence-corrected chi connectivity index (χ4v) is 2.90. The highest BCUT2D eigenvalue weighted by Crippen LogP contribution is 2.34. The van der Waals surface area contributed by atoms with Crippen molar-refractivity contribution in [3.63, 3.8) is 0 Å². The van der Waals surface area contributed by atoms with Gasteiger partial charge in [0.05, 0.1) is 0 Å². The molecular weight excluding hydrogens is 405 g/mol. The summed E-state index contributed by atoms with van der Waals surface area (Å²) in [6.45, 7) is 8.83. The first-order chi connectivity index (χ1) is 11.5. The molecule has 0 aliphatic carbocycles. The molecule has 0 rings (SSSR count). The molecule has 0 spiro atoms. The molecule has 0 aliphatic heterocycles. The van der Waals surface area contributed by atoms with Gasteiger partial charge in [0.25, 0.3) is 0 Å². The number of rotatable bonds is 10. The SMILES string of the molecule is CCCC(OC(=O)C(CC)(CC)C(=O)OC(CBr)C(F)(F)F)C(C)C. The number of alkyl halides is 4. The Labute approximate surface area is 155 Å². The van der Waals surface area contributed by atoms with Crippen molar-refractivity contribution in [1.29, 1.82) is 0 Å². The summed E-state index contributed by atoms with van der Waals surface area (Å²) >= 11 is 2.69. The third-order valence-corrected chi connectivity index (χ3v) is 4.91. The van der Waals surface area contributed by atoms with Crippen LogP contribution in [0.25, 0.3) is 0 Å². The number of esters is 2. The average Bonchev–Trinajstić information content (AvgIpc) is 2.52. The van der Waals surface area contributed by atoms with Gasteiger partial charge < -0.3 is 9.47 Å². The van der Waals surface area contributed by atoms with E-state index in [0.29, 0.717) is 6.42 Å². The van der Waals surface area contributed by atoms with Gasteiger partial charge in [-0.15, -0.1) is 0 Å². The summed E-state index contributed by atoms with van der Waals surface area (Å²) in [5.74, 6) is -1.97. The molecule has 0 bridgehead atoms. The van der Waals surface area contributed by atoms with Crippen LogP contribution in [0.15, 0.2) is 0 Å². The lowest BCUT2D eigenvalue weighted by Gasteiger charge is -2.32. The van der Waals surface area contributed by atoms with Crippen molar-refractivity contribution in [3.05, 3.63) is 0 Å². The Kier molecular flexibility index (Phi) is 10.1. The van der Waals surface area contributed by atoms with Crippen LogP contribution in [0, 0.1) is 11.3 Å². The van der Waals surface area contributed by atoms with E-state index >= 15 is 0 Å². The van der Waals surface area contributed by atoms with Crippen molar-refractivity contribution in [2.24, 2.45) is 11.3 Å².